The smallest absolute Gasteiger partial charge is 0.309 e. The molecule has 0 saturated heterocycles. The van der Waals surface area contributed by atoms with Crippen LogP contribution in [0.25, 0.3) is 0 Å². The number of aliphatic carboxylic acids is 1. The number of rotatable bonds is 4. The molecule has 86 valence electrons. The molecule has 1 aliphatic carbocycles. The van der Waals surface area contributed by atoms with Crippen LogP contribution in [0.5, 0.6) is 0 Å². The first kappa shape index (κ1) is 12.2. The third-order valence-electron chi connectivity index (χ3n) is 3.16. The molecule has 0 aliphatic heterocycles. The normalized spacial score (nSPS) is 25.2. The van der Waals surface area contributed by atoms with Gasteiger partial charge in [0.2, 0.25) is 0 Å². The summed E-state index contributed by atoms with van der Waals surface area (Å²) in [7, 11) is 0. The minimum absolute atomic E-state index is 0.0246. The van der Waals surface area contributed by atoms with Gasteiger partial charge in [-0.2, -0.15) is 0 Å². The first-order valence-electron chi connectivity index (χ1n) is 5.60. The zero-order valence-electron chi connectivity index (χ0n) is 9.39. The van der Waals surface area contributed by atoms with Crippen LogP contribution in [-0.4, -0.2) is 22.3 Å². The summed E-state index contributed by atoms with van der Waals surface area (Å²) in [6.07, 6.45) is 6.07. The van der Waals surface area contributed by atoms with Crippen molar-refractivity contribution in [3.8, 4) is 0 Å². The van der Waals surface area contributed by atoms with Crippen LogP contribution in [-0.2, 0) is 4.79 Å². The molecule has 3 nitrogen and oxygen atoms in total. The zero-order chi connectivity index (χ0) is 11.4. The van der Waals surface area contributed by atoms with Gasteiger partial charge in [0.25, 0.3) is 0 Å². The van der Waals surface area contributed by atoms with Gasteiger partial charge in [-0.05, 0) is 31.1 Å². The quantitative estimate of drug-likeness (QED) is 0.701. The highest BCUT2D eigenvalue weighted by Crippen LogP contribution is 2.29. The van der Waals surface area contributed by atoms with Crippen molar-refractivity contribution in [3.63, 3.8) is 0 Å². The third-order valence-corrected chi connectivity index (χ3v) is 3.16. The Hall–Kier alpha value is -0.830. The van der Waals surface area contributed by atoms with Crippen LogP contribution in [0, 0.1) is 17.8 Å². The lowest BCUT2D eigenvalue weighted by atomic mass is 9.79. The van der Waals surface area contributed by atoms with Crippen LogP contribution < -0.4 is 0 Å². The predicted octanol–water partition coefficient (Wildman–Crippen LogP) is 2.06. The molecule has 0 bridgehead atoms. The lowest BCUT2D eigenvalue weighted by Crippen LogP contribution is -2.38. The van der Waals surface area contributed by atoms with Crippen molar-refractivity contribution in [1.29, 1.82) is 0 Å². The van der Waals surface area contributed by atoms with E-state index in [0.29, 0.717) is 0 Å². The molecule has 0 heterocycles. The van der Waals surface area contributed by atoms with Crippen LogP contribution in [0.1, 0.15) is 33.1 Å². The summed E-state index contributed by atoms with van der Waals surface area (Å²) < 4.78 is 0. The number of hydrogen-bond acceptors (Lipinski definition) is 2. The molecule has 0 radical (unpaired) electrons. The van der Waals surface area contributed by atoms with E-state index in [1.54, 1.807) is 0 Å². The maximum Gasteiger partial charge on any atom is 0.309 e. The zero-order valence-corrected chi connectivity index (χ0v) is 9.39. The number of hydrogen-bond donors (Lipinski definition) is 2. The lowest BCUT2D eigenvalue weighted by molar-refractivity contribution is -0.149. The van der Waals surface area contributed by atoms with Gasteiger partial charge < -0.3 is 10.2 Å². The second kappa shape index (κ2) is 5.31. The monoisotopic (exact) mass is 212 g/mol. The Morgan fingerprint density at radius 2 is 2.07 bits per heavy atom. The maximum atomic E-state index is 11.0. The van der Waals surface area contributed by atoms with E-state index in [-0.39, 0.29) is 11.8 Å². The van der Waals surface area contributed by atoms with Crippen LogP contribution in [0.2, 0.25) is 0 Å². The van der Waals surface area contributed by atoms with E-state index in [4.69, 9.17) is 5.11 Å². The molecule has 3 heteroatoms. The Morgan fingerprint density at radius 1 is 1.40 bits per heavy atom. The molecule has 0 aromatic carbocycles. The first-order valence-corrected chi connectivity index (χ1v) is 5.60. The number of carbonyl (C=O) groups is 1. The number of aliphatic hydroxyl groups is 1. The Bertz CT molecular complexity index is 245. The molecular weight excluding hydrogens is 192 g/mol. The lowest BCUT2D eigenvalue weighted by Gasteiger charge is -2.30. The molecular formula is C12H20O3. The highest BCUT2D eigenvalue weighted by atomic mass is 16.4. The van der Waals surface area contributed by atoms with Crippen LogP contribution in [0.4, 0.5) is 0 Å². The van der Waals surface area contributed by atoms with Gasteiger partial charge in [-0.15, -0.1) is 0 Å². The van der Waals surface area contributed by atoms with E-state index in [2.05, 4.69) is 6.08 Å². The van der Waals surface area contributed by atoms with Crippen molar-refractivity contribution in [2.75, 3.05) is 0 Å². The third kappa shape index (κ3) is 3.06. The predicted molar refractivity (Wildman–Crippen MR) is 58.5 cm³/mol. The fourth-order valence-corrected chi connectivity index (χ4v) is 2.25. The summed E-state index contributed by atoms with van der Waals surface area (Å²) in [5.74, 6) is -1.43. The molecule has 3 atom stereocenters. The molecule has 2 N–H and O–H groups in total. The molecule has 15 heavy (non-hydrogen) atoms. The maximum absolute atomic E-state index is 11.0. The fraction of sp³-hybridized carbons (Fsp3) is 0.750. The van der Waals surface area contributed by atoms with Crippen molar-refractivity contribution in [2.24, 2.45) is 17.8 Å². The fourth-order valence-electron chi connectivity index (χ4n) is 2.25. The topological polar surface area (TPSA) is 57.5 Å². The van der Waals surface area contributed by atoms with Gasteiger partial charge in [-0.1, -0.05) is 26.0 Å². The molecule has 3 unspecified atom stereocenters. The summed E-state index contributed by atoms with van der Waals surface area (Å²) in [6, 6.07) is 0. The van der Waals surface area contributed by atoms with Gasteiger partial charge in [0.15, 0.2) is 0 Å². The van der Waals surface area contributed by atoms with Crippen molar-refractivity contribution in [2.45, 2.75) is 39.2 Å². The number of allylic oxidation sites excluding steroid dienone is 2. The first-order chi connectivity index (χ1) is 7.04. The van der Waals surface area contributed by atoms with Gasteiger partial charge in [-0.25, -0.2) is 0 Å². The van der Waals surface area contributed by atoms with Crippen molar-refractivity contribution >= 4 is 5.97 Å². The van der Waals surface area contributed by atoms with E-state index in [1.807, 2.05) is 19.9 Å². The largest absolute Gasteiger partial charge is 0.481 e. The average Bonchev–Trinajstić information content (AvgIpc) is 2.18. The molecule has 0 aromatic heterocycles. The Morgan fingerprint density at radius 3 is 2.47 bits per heavy atom. The SMILES string of the molecule is CC(C)C(C(=O)O)C(O)C1CC=CCC1. The van der Waals surface area contributed by atoms with E-state index >= 15 is 0 Å². The molecule has 0 fully saturated rings. The van der Waals surface area contributed by atoms with Gasteiger partial charge in [0, 0.05) is 0 Å². The second-order valence-electron chi connectivity index (χ2n) is 4.64. The molecule has 1 aliphatic rings. The summed E-state index contributed by atoms with van der Waals surface area (Å²) in [5.41, 5.74) is 0. The average molecular weight is 212 g/mol. The van der Waals surface area contributed by atoms with E-state index < -0.39 is 18.0 Å². The Balaban J connectivity index is 2.66. The summed E-state index contributed by atoms with van der Waals surface area (Å²) >= 11 is 0. The van der Waals surface area contributed by atoms with E-state index in [0.717, 1.165) is 19.3 Å². The molecule has 0 saturated carbocycles. The van der Waals surface area contributed by atoms with Crippen molar-refractivity contribution in [1.82, 2.24) is 0 Å². The summed E-state index contributed by atoms with van der Waals surface area (Å²) in [4.78, 5) is 11.0. The number of aliphatic hydroxyl groups excluding tert-OH is 1. The molecule has 0 amide bonds. The highest BCUT2D eigenvalue weighted by molar-refractivity contribution is 5.71. The Kier molecular flexibility index (Phi) is 4.33. The van der Waals surface area contributed by atoms with Crippen LogP contribution in [0.15, 0.2) is 12.2 Å². The minimum Gasteiger partial charge on any atom is -0.481 e. The van der Waals surface area contributed by atoms with Crippen LogP contribution in [0.3, 0.4) is 0 Å². The highest BCUT2D eigenvalue weighted by Gasteiger charge is 2.34. The standard InChI is InChI=1S/C12H20O3/c1-8(2)10(12(14)15)11(13)9-6-4-3-5-7-9/h3-4,8-11,13H,5-7H2,1-2H3,(H,14,15). The summed E-state index contributed by atoms with van der Waals surface area (Å²) in [6.45, 7) is 3.70. The van der Waals surface area contributed by atoms with E-state index in [9.17, 15) is 9.90 Å². The van der Waals surface area contributed by atoms with Crippen molar-refractivity contribution in [3.05, 3.63) is 12.2 Å². The minimum atomic E-state index is -0.882. The second-order valence-corrected chi connectivity index (χ2v) is 4.64. The van der Waals surface area contributed by atoms with Gasteiger partial charge in [0.05, 0.1) is 12.0 Å². The van der Waals surface area contributed by atoms with Crippen molar-refractivity contribution < 1.29 is 15.0 Å². The van der Waals surface area contributed by atoms with Gasteiger partial charge >= 0.3 is 5.97 Å². The molecule has 1 rings (SSSR count). The number of carboxylic acid groups (broad SMARTS) is 1. The Labute approximate surface area is 90.8 Å². The van der Waals surface area contributed by atoms with E-state index in [1.165, 1.54) is 0 Å². The number of carboxylic acids is 1. The summed E-state index contributed by atoms with van der Waals surface area (Å²) in [5, 5.41) is 19.1. The molecule has 0 aromatic rings. The van der Waals surface area contributed by atoms with Gasteiger partial charge in [-0.3, -0.25) is 4.79 Å². The van der Waals surface area contributed by atoms with Gasteiger partial charge in [0.1, 0.15) is 0 Å². The molecule has 0 spiro atoms. The van der Waals surface area contributed by atoms with Crippen LogP contribution >= 0.6 is 0 Å².